The van der Waals surface area contributed by atoms with Gasteiger partial charge in [0.1, 0.15) is 5.75 Å². The summed E-state index contributed by atoms with van der Waals surface area (Å²) in [5.41, 5.74) is 1.01. The van der Waals surface area contributed by atoms with Crippen molar-refractivity contribution in [3.05, 3.63) is 72.6 Å². The van der Waals surface area contributed by atoms with Crippen LogP contribution in [-0.4, -0.2) is 31.1 Å². The maximum absolute atomic E-state index is 5.69. The highest BCUT2D eigenvalue weighted by molar-refractivity contribution is 5.85. The molecule has 0 aliphatic carbocycles. The Labute approximate surface area is 154 Å². The molecule has 0 atom stereocenters. The van der Waals surface area contributed by atoms with Gasteiger partial charge < -0.3 is 15.4 Å². The van der Waals surface area contributed by atoms with Gasteiger partial charge in [-0.15, -0.1) is 0 Å². The van der Waals surface area contributed by atoms with E-state index in [1.165, 1.54) is 5.39 Å². The van der Waals surface area contributed by atoms with Gasteiger partial charge >= 0.3 is 0 Å². The molecule has 0 fully saturated rings. The van der Waals surface area contributed by atoms with Crippen LogP contribution in [0.4, 0.5) is 0 Å². The number of benzene rings is 2. The lowest BCUT2D eigenvalue weighted by Gasteiger charge is -2.13. The molecule has 3 rings (SSSR count). The minimum atomic E-state index is 0.627. The van der Waals surface area contributed by atoms with Crippen LogP contribution in [0.5, 0.6) is 5.75 Å². The highest BCUT2D eigenvalue weighted by Gasteiger charge is 2.03. The Morgan fingerprint density at radius 3 is 2.65 bits per heavy atom. The molecule has 5 nitrogen and oxygen atoms in total. The van der Waals surface area contributed by atoms with E-state index in [4.69, 9.17) is 4.74 Å². The molecule has 26 heavy (non-hydrogen) atoms. The van der Waals surface area contributed by atoms with Crippen LogP contribution in [0.1, 0.15) is 12.1 Å². The Morgan fingerprint density at radius 1 is 1.00 bits per heavy atom. The first-order chi connectivity index (χ1) is 12.9. The molecule has 1 aromatic heterocycles. The van der Waals surface area contributed by atoms with Gasteiger partial charge in [-0.1, -0.05) is 42.5 Å². The predicted octanol–water partition coefficient (Wildman–Crippen LogP) is 3.37. The highest BCUT2D eigenvalue weighted by Crippen LogP contribution is 2.15. The highest BCUT2D eigenvalue weighted by atomic mass is 16.5. The summed E-state index contributed by atoms with van der Waals surface area (Å²) in [6.07, 6.45) is 2.73. The van der Waals surface area contributed by atoms with E-state index in [0.717, 1.165) is 35.8 Å². The van der Waals surface area contributed by atoms with Crippen molar-refractivity contribution in [3.8, 4) is 5.75 Å². The molecule has 3 aromatic rings. The van der Waals surface area contributed by atoms with Crippen LogP contribution < -0.4 is 15.4 Å². The van der Waals surface area contributed by atoms with Gasteiger partial charge in [0, 0.05) is 25.2 Å². The molecule has 2 aromatic carbocycles. The number of hydrogen-bond donors (Lipinski definition) is 2. The van der Waals surface area contributed by atoms with E-state index in [0.29, 0.717) is 13.2 Å². The second-order valence-electron chi connectivity index (χ2n) is 5.85. The summed E-state index contributed by atoms with van der Waals surface area (Å²) in [4.78, 5) is 8.76. The molecule has 0 aliphatic rings. The summed E-state index contributed by atoms with van der Waals surface area (Å²) in [5.74, 6) is 1.66. The number of guanidine groups is 1. The second kappa shape index (κ2) is 9.42. The van der Waals surface area contributed by atoms with Crippen molar-refractivity contribution < 1.29 is 4.74 Å². The number of nitrogens with zero attached hydrogens (tertiary/aromatic N) is 2. The molecule has 0 saturated carbocycles. The molecule has 1 heterocycles. The average molecular weight is 348 g/mol. The normalized spacial score (nSPS) is 11.3. The fourth-order valence-electron chi connectivity index (χ4n) is 2.70. The van der Waals surface area contributed by atoms with E-state index in [2.05, 4.69) is 32.7 Å². The predicted molar refractivity (Wildman–Crippen MR) is 106 cm³/mol. The SMILES string of the molecule is CN=C(NCCCOc1ccccc1)NCc1nccc2ccccc12. The number of ether oxygens (including phenoxy) is 1. The van der Waals surface area contributed by atoms with Gasteiger partial charge in [-0.2, -0.15) is 0 Å². The summed E-state index contributed by atoms with van der Waals surface area (Å²) in [6.45, 7) is 2.08. The number of nitrogens with one attached hydrogen (secondary N) is 2. The van der Waals surface area contributed by atoms with Crippen LogP contribution in [0.2, 0.25) is 0 Å². The fraction of sp³-hybridized carbons (Fsp3) is 0.238. The fourth-order valence-corrected chi connectivity index (χ4v) is 2.70. The number of fused-ring (bicyclic) bond motifs is 1. The molecule has 0 spiro atoms. The number of hydrogen-bond acceptors (Lipinski definition) is 3. The van der Waals surface area contributed by atoms with E-state index in [1.807, 2.05) is 54.7 Å². The van der Waals surface area contributed by atoms with E-state index in [1.54, 1.807) is 7.05 Å². The van der Waals surface area contributed by atoms with Crippen LogP contribution in [0.15, 0.2) is 71.9 Å². The molecular weight excluding hydrogens is 324 g/mol. The molecule has 134 valence electrons. The average Bonchev–Trinajstić information content (AvgIpc) is 2.71. The van der Waals surface area contributed by atoms with Crippen LogP contribution in [0.3, 0.4) is 0 Å². The van der Waals surface area contributed by atoms with Crippen LogP contribution in [0, 0.1) is 0 Å². The van der Waals surface area contributed by atoms with Gasteiger partial charge in [0.05, 0.1) is 18.8 Å². The molecule has 5 heteroatoms. The third-order valence-electron chi connectivity index (χ3n) is 4.03. The molecule has 0 amide bonds. The van der Waals surface area contributed by atoms with E-state index < -0.39 is 0 Å². The minimum absolute atomic E-state index is 0.627. The van der Waals surface area contributed by atoms with Gasteiger partial charge in [0.15, 0.2) is 5.96 Å². The van der Waals surface area contributed by atoms with Crippen molar-refractivity contribution in [1.29, 1.82) is 0 Å². The Morgan fingerprint density at radius 2 is 1.81 bits per heavy atom. The first-order valence-corrected chi connectivity index (χ1v) is 8.82. The van der Waals surface area contributed by atoms with Crippen molar-refractivity contribution in [3.63, 3.8) is 0 Å². The Balaban J connectivity index is 1.43. The van der Waals surface area contributed by atoms with Crippen molar-refractivity contribution in [2.75, 3.05) is 20.2 Å². The zero-order valence-corrected chi connectivity index (χ0v) is 15.0. The largest absolute Gasteiger partial charge is 0.494 e. The zero-order chi connectivity index (χ0) is 18.0. The van der Waals surface area contributed by atoms with Crippen molar-refractivity contribution in [1.82, 2.24) is 15.6 Å². The third-order valence-corrected chi connectivity index (χ3v) is 4.03. The molecule has 0 unspecified atom stereocenters. The maximum atomic E-state index is 5.69. The van der Waals surface area contributed by atoms with E-state index in [9.17, 15) is 0 Å². The third kappa shape index (κ3) is 4.96. The first kappa shape index (κ1) is 17.7. The van der Waals surface area contributed by atoms with Crippen LogP contribution in [0.25, 0.3) is 10.8 Å². The summed E-state index contributed by atoms with van der Waals surface area (Å²) < 4.78 is 5.69. The first-order valence-electron chi connectivity index (χ1n) is 8.82. The quantitative estimate of drug-likeness (QED) is 0.390. The van der Waals surface area contributed by atoms with Crippen LogP contribution >= 0.6 is 0 Å². The smallest absolute Gasteiger partial charge is 0.191 e. The Kier molecular flexibility index (Phi) is 6.42. The number of rotatable bonds is 7. The lowest BCUT2D eigenvalue weighted by molar-refractivity contribution is 0.311. The van der Waals surface area contributed by atoms with Gasteiger partial charge in [-0.05, 0) is 30.0 Å². The topological polar surface area (TPSA) is 58.5 Å². The molecular formula is C21H24N4O. The van der Waals surface area contributed by atoms with E-state index >= 15 is 0 Å². The Hall–Kier alpha value is -3.08. The van der Waals surface area contributed by atoms with Gasteiger partial charge in [-0.25, -0.2) is 0 Å². The number of pyridine rings is 1. The molecule has 0 bridgehead atoms. The van der Waals surface area contributed by atoms with Crippen LogP contribution in [-0.2, 0) is 6.54 Å². The van der Waals surface area contributed by atoms with Crippen molar-refractivity contribution >= 4 is 16.7 Å². The van der Waals surface area contributed by atoms with E-state index in [-0.39, 0.29) is 0 Å². The van der Waals surface area contributed by atoms with Gasteiger partial charge in [0.25, 0.3) is 0 Å². The Bertz CT molecular complexity index is 844. The standard InChI is InChI=1S/C21H24N4O/c1-22-21(24-13-7-15-26-18-9-3-2-4-10-18)25-16-20-19-11-6-5-8-17(19)12-14-23-20/h2-6,8-12,14H,7,13,15-16H2,1H3,(H2,22,24,25). The summed E-state index contributed by atoms with van der Waals surface area (Å²) >= 11 is 0. The lowest BCUT2D eigenvalue weighted by Crippen LogP contribution is -2.37. The van der Waals surface area contributed by atoms with Gasteiger partial charge in [0.2, 0.25) is 0 Å². The minimum Gasteiger partial charge on any atom is -0.494 e. The summed E-state index contributed by atoms with van der Waals surface area (Å²) in [6, 6.07) is 20.1. The monoisotopic (exact) mass is 348 g/mol. The van der Waals surface area contributed by atoms with Crippen molar-refractivity contribution in [2.45, 2.75) is 13.0 Å². The summed E-state index contributed by atoms with van der Waals surface area (Å²) in [7, 11) is 1.77. The zero-order valence-electron chi connectivity index (χ0n) is 15.0. The summed E-state index contributed by atoms with van der Waals surface area (Å²) in [5, 5.41) is 8.98. The molecule has 0 saturated heterocycles. The van der Waals surface area contributed by atoms with Gasteiger partial charge in [-0.3, -0.25) is 9.98 Å². The number of aromatic nitrogens is 1. The lowest BCUT2D eigenvalue weighted by atomic mass is 10.1. The molecule has 2 N–H and O–H groups in total. The molecule has 0 aliphatic heterocycles. The van der Waals surface area contributed by atoms with Crippen molar-refractivity contribution in [2.24, 2.45) is 4.99 Å². The maximum Gasteiger partial charge on any atom is 0.191 e. The number of aliphatic imine (C=N–C) groups is 1. The molecule has 0 radical (unpaired) electrons. The number of para-hydroxylation sites is 1. The second-order valence-corrected chi connectivity index (χ2v) is 5.85.